The van der Waals surface area contributed by atoms with Crippen LogP contribution in [0.5, 0.6) is 5.75 Å². The molecule has 2 unspecified atom stereocenters. The zero-order valence-electron chi connectivity index (χ0n) is 15.7. The van der Waals surface area contributed by atoms with E-state index in [0.717, 1.165) is 12.1 Å². The Balaban J connectivity index is 1.67. The smallest absolute Gasteiger partial charge is 0.465 e. The van der Waals surface area contributed by atoms with Crippen molar-refractivity contribution >= 4 is 12.0 Å². The topological polar surface area (TPSA) is 114 Å². The molecular weight excluding hydrogens is 411 g/mol. The summed E-state index contributed by atoms with van der Waals surface area (Å²) in [5.41, 5.74) is 0.237. The summed E-state index contributed by atoms with van der Waals surface area (Å²) >= 11 is 0. The van der Waals surface area contributed by atoms with Gasteiger partial charge >= 0.3 is 18.4 Å². The van der Waals surface area contributed by atoms with Crippen LogP contribution < -0.4 is 10.1 Å². The number of aromatic nitrogens is 1. The first-order valence-corrected chi connectivity index (χ1v) is 8.77. The molecule has 12 heteroatoms. The summed E-state index contributed by atoms with van der Waals surface area (Å²) < 4.78 is 51.4. The molecule has 2 aromatic rings. The number of methoxy groups -OCH3 is 1. The highest BCUT2D eigenvalue weighted by Crippen LogP contribution is 2.28. The molecule has 1 saturated heterocycles. The largest absolute Gasteiger partial charge is 0.573 e. The number of hydrogen-bond donors (Lipinski definition) is 2. The quantitative estimate of drug-likeness (QED) is 0.726. The molecular formula is C18H18F3N3O6. The number of nitrogens with one attached hydrogen (secondary N) is 1. The van der Waals surface area contributed by atoms with Crippen LogP contribution >= 0.6 is 0 Å². The molecule has 0 radical (unpaired) electrons. The van der Waals surface area contributed by atoms with Crippen molar-refractivity contribution in [3.8, 4) is 17.1 Å². The number of carbonyl (C=O) groups excluding carboxylic acids is 1. The highest BCUT2D eigenvalue weighted by molar-refractivity contribution is 5.90. The number of amides is 2. The fraction of sp³-hybridized carbons (Fsp3) is 0.389. The SMILES string of the molecule is COCC1CC(NC(=O)c2ncc(-c3cccc(OC(F)(F)F)c3)o2)CN1C(=O)O. The fourth-order valence-corrected chi connectivity index (χ4v) is 3.21. The minimum Gasteiger partial charge on any atom is -0.465 e. The van der Waals surface area contributed by atoms with E-state index in [9.17, 15) is 27.9 Å². The minimum absolute atomic E-state index is 0.0728. The third kappa shape index (κ3) is 5.20. The first-order valence-electron chi connectivity index (χ1n) is 8.77. The van der Waals surface area contributed by atoms with E-state index < -0.39 is 36.2 Å². The molecule has 162 valence electrons. The van der Waals surface area contributed by atoms with Gasteiger partial charge in [-0.3, -0.25) is 4.79 Å². The van der Waals surface area contributed by atoms with Crippen LogP contribution in [0.3, 0.4) is 0 Å². The molecule has 3 rings (SSSR count). The number of likely N-dealkylation sites (tertiary alicyclic amines) is 1. The van der Waals surface area contributed by atoms with Crippen LogP contribution in [0, 0.1) is 0 Å². The molecule has 0 saturated carbocycles. The van der Waals surface area contributed by atoms with Crippen molar-refractivity contribution in [2.24, 2.45) is 0 Å². The van der Waals surface area contributed by atoms with Gasteiger partial charge in [0.1, 0.15) is 5.75 Å². The Morgan fingerprint density at radius 2 is 2.17 bits per heavy atom. The number of benzene rings is 1. The molecule has 2 amide bonds. The zero-order valence-corrected chi connectivity index (χ0v) is 15.7. The fourth-order valence-electron chi connectivity index (χ4n) is 3.21. The Bertz CT molecular complexity index is 917. The highest BCUT2D eigenvalue weighted by Gasteiger charge is 2.36. The molecule has 1 aromatic carbocycles. The summed E-state index contributed by atoms with van der Waals surface area (Å²) in [4.78, 5) is 28.7. The molecule has 1 aliphatic heterocycles. The van der Waals surface area contributed by atoms with E-state index in [1.807, 2.05) is 0 Å². The van der Waals surface area contributed by atoms with Crippen molar-refractivity contribution in [1.82, 2.24) is 15.2 Å². The molecule has 2 heterocycles. The lowest BCUT2D eigenvalue weighted by Gasteiger charge is -2.19. The van der Waals surface area contributed by atoms with Gasteiger partial charge in [0.25, 0.3) is 5.89 Å². The van der Waals surface area contributed by atoms with E-state index in [2.05, 4.69) is 15.0 Å². The van der Waals surface area contributed by atoms with Crippen LogP contribution in [0.2, 0.25) is 0 Å². The molecule has 0 bridgehead atoms. The predicted molar refractivity (Wildman–Crippen MR) is 94.9 cm³/mol. The molecule has 1 fully saturated rings. The van der Waals surface area contributed by atoms with E-state index in [1.54, 1.807) is 0 Å². The number of ether oxygens (including phenoxy) is 2. The van der Waals surface area contributed by atoms with Crippen molar-refractivity contribution < 1.29 is 41.8 Å². The summed E-state index contributed by atoms with van der Waals surface area (Å²) in [6.07, 6.45) is -4.39. The second kappa shape index (κ2) is 8.61. The van der Waals surface area contributed by atoms with Crippen LogP contribution in [0.4, 0.5) is 18.0 Å². The summed E-state index contributed by atoms with van der Waals surface area (Å²) in [6, 6.07) is 4.19. The van der Waals surface area contributed by atoms with E-state index >= 15 is 0 Å². The van der Waals surface area contributed by atoms with E-state index in [4.69, 9.17) is 9.15 Å². The Kier molecular flexibility index (Phi) is 6.15. The maximum Gasteiger partial charge on any atom is 0.573 e. The summed E-state index contributed by atoms with van der Waals surface area (Å²) in [5, 5.41) is 11.9. The number of halogens is 3. The predicted octanol–water partition coefficient (Wildman–Crippen LogP) is 2.74. The number of carboxylic acid groups (broad SMARTS) is 1. The zero-order chi connectivity index (χ0) is 21.9. The van der Waals surface area contributed by atoms with Gasteiger partial charge < -0.3 is 29.2 Å². The number of oxazole rings is 1. The van der Waals surface area contributed by atoms with E-state index in [0.29, 0.717) is 6.42 Å². The molecule has 30 heavy (non-hydrogen) atoms. The van der Waals surface area contributed by atoms with Crippen LogP contribution in [0.25, 0.3) is 11.3 Å². The molecule has 0 aliphatic carbocycles. The number of nitrogens with zero attached hydrogens (tertiary/aromatic N) is 2. The lowest BCUT2D eigenvalue weighted by molar-refractivity contribution is -0.274. The molecule has 9 nitrogen and oxygen atoms in total. The van der Waals surface area contributed by atoms with Gasteiger partial charge in [0, 0.05) is 25.3 Å². The first-order chi connectivity index (χ1) is 14.2. The second-order valence-electron chi connectivity index (χ2n) is 6.56. The van der Waals surface area contributed by atoms with Crippen molar-refractivity contribution in [1.29, 1.82) is 0 Å². The standard InChI is InChI=1S/C18H18F3N3O6/c1-28-9-12-6-11(8-24(12)17(26)27)23-15(25)16-22-7-14(29-16)10-3-2-4-13(5-10)30-18(19,20)21/h2-5,7,11-12H,6,8-9H2,1H3,(H,23,25)(H,26,27). The van der Waals surface area contributed by atoms with E-state index in [-0.39, 0.29) is 30.4 Å². The van der Waals surface area contributed by atoms with Gasteiger partial charge in [0.05, 0.1) is 18.8 Å². The maximum absolute atomic E-state index is 12.4. The van der Waals surface area contributed by atoms with Crippen LogP contribution in [0.1, 0.15) is 17.1 Å². The van der Waals surface area contributed by atoms with Gasteiger partial charge in [-0.25, -0.2) is 9.78 Å². The van der Waals surface area contributed by atoms with Gasteiger partial charge in [-0.2, -0.15) is 0 Å². The number of carbonyl (C=O) groups is 2. The van der Waals surface area contributed by atoms with Crippen molar-refractivity contribution in [2.45, 2.75) is 24.9 Å². The summed E-state index contributed by atoms with van der Waals surface area (Å²) in [7, 11) is 1.45. The van der Waals surface area contributed by atoms with Crippen LogP contribution in [0.15, 0.2) is 34.9 Å². The lowest BCUT2D eigenvalue weighted by Crippen LogP contribution is -2.39. The van der Waals surface area contributed by atoms with Crippen molar-refractivity contribution in [3.05, 3.63) is 36.4 Å². The number of alkyl halides is 3. The van der Waals surface area contributed by atoms with Gasteiger partial charge in [-0.05, 0) is 18.6 Å². The molecule has 2 atom stereocenters. The van der Waals surface area contributed by atoms with Crippen LogP contribution in [-0.4, -0.2) is 65.7 Å². The van der Waals surface area contributed by atoms with Crippen molar-refractivity contribution in [2.75, 3.05) is 20.3 Å². The maximum atomic E-state index is 12.4. The van der Waals surface area contributed by atoms with Gasteiger partial charge in [-0.1, -0.05) is 12.1 Å². The first kappa shape index (κ1) is 21.4. The monoisotopic (exact) mass is 429 g/mol. The third-order valence-electron chi connectivity index (χ3n) is 4.41. The third-order valence-corrected chi connectivity index (χ3v) is 4.41. The Hall–Kier alpha value is -3.28. The molecule has 0 spiro atoms. The summed E-state index contributed by atoms with van der Waals surface area (Å²) in [6.45, 7) is 0.275. The number of rotatable bonds is 6. The van der Waals surface area contributed by atoms with Gasteiger partial charge in [-0.15, -0.1) is 13.2 Å². The van der Waals surface area contributed by atoms with Crippen molar-refractivity contribution in [3.63, 3.8) is 0 Å². The van der Waals surface area contributed by atoms with Gasteiger partial charge in [0.2, 0.25) is 0 Å². The Morgan fingerprint density at radius 1 is 1.40 bits per heavy atom. The van der Waals surface area contributed by atoms with Crippen LogP contribution in [-0.2, 0) is 4.74 Å². The van der Waals surface area contributed by atoms with E-state index in [1.165, 1.54) is 30.3 Å². The second-order valence-corrected chi connectivity index (χ2v) is 6.56. The minimum atomic E-state index is -4.84. The molecule has 1 aliphatic rings. The Labute approximate surface area is 168 Å². The molecule has 1 aromatic heterocycles. The summed E-state index contributed by atoms with van der Waals surface area (Å²) in [5.74, 6) is -1.34. The normalized spacial score (nSPS) is 19.0. The average molecular weight is 429 g/mol. The van der Waals surface area contributed by atoms with Gasteiger partial charge in [0.15, 0.2) is 5.76 Å². The highest BCUT2D eigenvalue weighted by atomic mass is 19.4. The molecule has 2 N–H and O–H groups in total. The Morgan fingerprint density at radius 3 is 2.83 bits per heavy atom. The number of hydrogen-bond acceptors (Lipinski definition) is 6. The lowest BCUT2D eigenvalue weighted by atomic mass is 10.2. The average Bonchev–Trinajstić information content (AvgIpc) is 3.28.